The highest BCUT2D eigenvalue weighted by molar-refractivity contribution is 6.30. The van der Waals surface area contributed by atoms with E-state index in [9.17, 15) is 4.79 Å². The zero-order valence-corrected chi connectivity index (χ0v) is 17.3. The fourth-order valence-corrected chi connectivity index (χ4v) is 3.20. The van der Waals surface area contributed by atoms with E-state index in [0.717, 1.165) is 10.9 Å². The summed E-state index contributed by atoms with van der Waals surface area (Å²) in [6.45, 7) is 2.82. The van der Waals surface area contributed by atoms with Crippen molar-refractivity contribution >= 4 is 28.4 Å². The molecule has 0 saturated heterocycles. The van der Waals surface area contributed by atoms with E-state index in [1.165, 1.54) is 0 Å². The van der Waals surface area contributed by atoms with Gasteiger partial charge in [-0.15, -0.1) is 0 Å². The fourth-order valence-electron chi connectivity index (χ4n) is 3.00. The summed E-state index contributed by atoms with van der Waals surface area (Å²) >= 11 is 6.10. The molecule has 1 atom stereocenters. The van der Waals surface area contributed by atoms with Crippen molar-refractivity contribution in [3.05, 3.63) is 64.8 Å². The van der Waals surface area contributed by atoms with Crippen molar-refractivity contribution in [1.82, 2.24) is 10.3 Å². The highest BCUT2D eigenvalue weighted by atomic mass is 35.5. The summed E-state index contributed by atoms with van der Waals surface area (Å²) in [5.41, 5.74) is 2.05. The number of nitrogens with one attached hydrogen (secondary N) is 1. The van der Waals surface area contributed by atoms with Crippen LogP contribution in [0.3, 0.4) is 0 Å². The van der Waals surface area contributed by atoms with Crippen molar-refractivity contribution in [3.8, 4) is 11.5 Å². The predicted octanol–water partition coefficient (Wildman–Crippen LogP) is 4.41. The van der Waals surface area contributed by atoms with E-state index in [1.54, 1.807) is 20.3 Å². The monoisotopic (exact) mass is 414 g/mol. The van der Waals surface area contributed by atoms with Crippen molar-refractivity contribution in [2.24, 2.45) is 0 Å². The van der Waals surface area contributed by atoms with Gasteiger partial charge in [0.25, 0.3) is 5.91 Å². The van der Waals surface area contributed by atoms with Crippen LogP contribution in [0.15, 0.2) is 48.5 Å². The minimum Gasteiger partial charge on any atom is -0.493 e. The molecule has 2 aromatic carbocycles. The van der Waals surface area contributed by atoms with Crippen LogP contribution >= 0.6 is 11.6 Å². The van der Waals surface area contributed by atoms with Gasteiger partial charge in [0.15, 0.2) is 11.5 Å². The Hall–Kier alpha value is -2.83. The van der Waals surface area contributed by atoms with Gasteiger partial charge in [-0.3, -0.25) is 4.79 Å². The van der Waals surface area contributed by atoms with E-state index in [2.05, 4.69) is 10.3 Å². The highest BCUT2D eigenvalue weighted by Crippen LogP contribution is 2.30. The Bertz CT molecular complexity index is 1010. The first-order valence-electron chi connectivity index (χ1n) is 9.19. The number of pyridine rings is 1. The smallest absolute Gasteiger partial charge is 0.252 e. The maximum Gasteiger partial charge on any atom is 0.252 e. The van der Waals surface area contributed by atoms with Gasteiger partial charge in [0.05, 0.1) is 30.8 Å². The fraction of sp³-hybridized carbons (Fsp3) is 0.273. The van der Waals surface area contributed by atoms with Crippen molar-refractivity contribution < 1.29 is 19.0 Å². The number of para-hydroxylation sites is 1. The zero-order chi connectivity index (χ0) is 20.8. The number of benzene rings is 2. The largest absolute Gasteiger partial charge is 0.493 e. The number of nitrogens with zero attached hydrogens (tertiary/aromatic N) is 1. The third-order valence-electron chi connectivity index (χ3n) is 4.51. The van der Waals surface area contributed by atoms with E-state index in [0.29, 0.717) is 35.8 Å². The molecule has 1 unspecified atom stereocenters. The molecule has 3 rings (SSSR count). The van der Waals surface area contributed by atoms with Crippen LogP contribution in [0.2, 0.25) is 5.15 Å². The first kappa shape index (κ1) is 20.9. The molecule has 0 spiro atoms. The van der Waals surface area contributed by atoms with Crippen LogP contribution in [0, 0.1) is 0 Å². The number of aromatic nitrogens is 1. The Morgan fingerprint density at radius 2 is 1.90 bits per heavy atom. The third kappa shape index (κ3) is 4.96. The molecular formula is C22H23ClN2O4. The molecule has 6 nitrogen and oxygen atoms in total. The summed E-state index contributed by atoms with van der Waals surface area (Å²) in [5, 5.41) is 4.04. The quantitative estimate of drug-likeness (QED) is 0.436. The average Bonchev–Trinajstić information content (AvgIpc) is 2.73. The molecule has 1 amide bonds. The minimum atomic E-state index is -0.255. The Kier molecular flexibility index (Phi) is 6.90. The molecule has 1 aromatic heterocycles. The molecule has 1 N–H and O–H groups in total. The lowest BCUT2D eigenvalue weighted by Crippen LogP contribution is -2.27. The molecule has 0 fully saturated rings. The van der Waals surface area contributed by atoms with E-state index in [1.807, 2.05) is 49.4 Å². The first-order valence-corrected chi connectivity index (χ1v) is 9.57. The summed E-state index contributed by atoms with van der Waals surface area (Å²) in [4.78, 5) is 17.2. The maximum atomic E-state index is 12.9. The van der Waals surface area contributed by atoms with Gasteiger partial charge in [-0.1, -0.05) is 35.9 Å². The highest BCUT2D eigenvalue weighted by Gasteiger charge is 2.17. The normalized spacial score (nSPS) is 11.9. The summed E-state index contributed by atoms with van der Waals surface area (Å²) in [7, 11) is 3.20. The number of hydrogen-bond acceptors (Lipinski definition) is 5. The van der Waals surface area contributed by atoms with E-state index >= 15 is 0 Å². The van der Waals surface area contributed by atoms with Gasteiger partial charge in [0.1, 0.15) is 11.8 Å². The number of halogens is 1. The third-order valence-corrected chi connectivity index (χ3v) is 4.70. The van der Waals surface area contributed by atoms with Crippen LogP contribution in [-0.2, 0) is 4.74 Å². The molecular weight excluding hydrogens is 392 g/mol. The van der Waals surface area contributed by atoms with Crippen molar-refractivity contribution in [1.29, 1.82) is 0 Å². The lowest BCUT2D eigenvalue weighted by Gasteiger charge is -2.18. The Balaban J connectivity index is 1.80. The molecule has 0 radical (unpaired) electrons. The van der Waals surface area contributed by atoms with Crippen LogP contribution in [0.5, 0.6) is 11.5 Å². The molecule has 0 aliphatic heterocycles. The molecule has 7 heteroatoms. The molecule has 0 bridgehead atoms. The lowest BCUT2D eigenvalue weighted by molar-refractivity contribution is 0.0941. The van der Waals surface area contributed by atoms with Crippen LogP contribution in [-0.4, -0.2) is 38.3 Å². The van der Waals surface area contributed by atoms with Gasteiger partial charge in [0, 0.05) is 12.5 Å². The van der Waals surface area contributed by atoms with E-state index in [4.69, 9.17) is 25.8 Å². The lowest BCUT2D eigenvalue weighted by atomic mass is 10.1. The zero-order valence-electron chi connectivity index (χ0n) is 16.6. The maximum absolute atomic E-state index is 12.9. The van der Waals surface area contributed by atoms with Gasteiger partial charge in [-0.05, 0) is 36.8 Å². The van der Waals surface area contributed by atoms with Gasteiger partial charge < -0.3 is 19.5 Å². The number of hydrogen-bond donors (Lipinski definition) is 1. The number of ether oxygens (including phenoxy) is 3. The second kappa shape index (κ2) is 9.58. The minimum absolute atomic E-state index is 0.225. The molecule has 29 heavy (non-hydrogen) atoms. The Morgan fingerprint density at radius 3 is 2.66 bits per heavy atom. The number of rotatable bonds is 8. The van der Waals surface area contributed by atoms with Crippen molar-refractivity contribution in [2.45, 2.75) is 13.0 Å². The number of methoxy groups -OCH3 is 2. The summed E-state index contributed by atoms with van der Waals surface area (Å²) in [5.74, 6) is 0.994. The van der Waals surface area contributed by atoms with Crippen LogP contribution < -0.4 is 14.8 Å². The molecule has 0 saturated carbocycles. The number of amides is 1. The Morgan fingerprint density at radius 1 is 1.10 bits per heavy atom. The van der Waals surface area contributed by atoms with Crippen LogP contribution in [0.4, 0.5) is 0 Å². The first-order chi connectivity index (χ1) is 14.0. The summed E-state index contributed by atoms with van der Waals surface area (Å²) in [6.07, 6.45) is 0. The molecule has 152 valence electrons. The van der Waals surface area contributed by atoms with E-state index < -0.39 is 0 Å². The second-order valence-corrected chi connectivity index (χ2v) is 6.84. The number of fused-ring (bicyclic) bond motifs is 1. The Labute approximate surface area is 174 Å². The standard InChI is InChI=1S/C22H23ClN2O4/c1-14(15-8-9-19(20(12-15)28-3)29-11-10-27-2)24-22(26)17-13-21(23)25-18-7-5-4-6-16(17)18/h4-9,12-14H,10-11H2,1-3H3,(H,24,26). The summed E-state index contributed by atoms with van der Waals surface area (Å²) < 4.78 is 16.1. The second-order valence-electron chi connectivity index (χ2n) is 6.46. The predicted molar refractivity (Wildman–Crippen MR) is 113 cm³/mol. The van der Waals surface area contributed by atoms with Gasteiger partial charge in [0.2, 0.25) is 0 Å². The van der Waals surface area contributed by atoms with Gasteiger partial charge in [-0.25, -0.2) is 4.98 Å². The van der Waals surface area contributed by atoms with Crippen LogP contribution in [0.25, 0.3) is 10.9 Å². The number of carbonyl (C=O) groups is 1. The van der Waals surface area contributed by atoms with E-state index in [-0.39, 0.29) is 17.1 Å². The topological polar surface area (TPSA) is 69.7 Å². The number of carbonyl (C=O) groups excluding carboxylic acids is 1. The molecule has 0 aliphatic rings. The van der Waals surface area contributed by atoms with Crippen molar-refractivity contribution in [2.75, 3.05) is 27.4 Å². The van der Waals surface area contributed by atoms with Crippen LogP contribution in [0.1, 0.15) is 28.9 Å². The SMILES string of the molecule is COCCOc1ccc(C(C)NC(=O)c2cc(Cl)nc3ccccc23)cc1OC. The summed E-state index contributed by atoms with van der Waals surface area (Å²) in [6, 6.07) is 14.3. The average molecular weight is 415 g/mol. The van der Waals surface area contributed by atoms with Gasteiger partial charge >= 0.3 is 0 Å². The van der Waals surface area contributed by atoms with Gasteiger partial charge in [-0.2, -0.15) is 0 Å². The van der Waals surface area contributed by atoms with Crippen molar-refractivity contribution in [3.63, 3.8) is 0 Å². The molecule has 1 heterocycles. The molecule has 0 aliphatic carbocycles. The molecule has 3 aromatic rings.